The van der Waals surface area contributed by atoms with Crippen molar-refractivity contribution in [3.8, 4) is 5.75 Å². The Balaban J connectivity index is 1.98. The van der Waals surface area contributed by atoms with Gasteiger partial charge in [0.1, 0.15) is 5.75 Å². The fourth-order valence-corrected chi connectivity index (χ4v) is 2.45. The molecule has 0 aromatic heterocycles. The molecule has 1 atom stereocenters. The standard InChI is InChI=1S/C20H23N3O3S/c1-4-13(2)26-18-7-5-6-15(12-18)19(25)22-16-8-10-17(11-9-16)23-20(27)21-14(3)24/h5-13H,4H2,1-3H3,(H,22,25)(H2,21,23,24,27)/t13-/m1/s1. The number of nitrogens with one attached hydrogen (secondary N) is 3. The second-order valence-corrected chi connectivity index (χ2v) is 6.44. The molecule has 0 fully saturated rings. The molecule has 6 nitrogen and oxygen atoms in total. The van der Waals surface area contributed by atoms with Gasteiger partial charge in [0, 0.05) is 23.9 Å². The van der Waals surface area contributed by atoms with E-state index in [1.807, 2.05) is 19.9 Å². The van der Waals surface area contributed by atoms with Crippen molar-refractivity contribution in [2.75, 3.05) is 10.6 Å². The van der Waals surface area contributed by atoms with Crippen LogP contribution in [0.2, 0.25) is 0 Å². The fraction of sp³-hybridized carbons (Fsp3) is 0.250. The van der Waals surface area contributed by atoms with Crippen molar-refractivity contribution in [3.63, 3.8) is 0 Å². The van der Waals surface area contributed by atoms with Crippen LogP contribution in [0.3, 0.4) is 0 Å². The highest BCUT2D eigenvalue weighted by Crippen LogP contribution is 2.18. The SMILES string of the molecule is CC[C@@H](C)Oc1cccc(C(=O)Nc2ccc(NC(=S)NC(C)=O)cc2)c1. The molecule has 0 heterocycles. The lowest BCUT2D eigenvalue weighted by molar-refractivity contribution is -0.117. The van der Waals surface area contributed by atoms with Gasteiger partial charge in [-0.1, -0.05) is 13.0 Å². The van der Waals surface area contributed by atoms with Gasteiger partial charge in [0.15, 0.2) is 5.11 Å². The fourth-order valence-electron chi connectivity index (χ4n) is 2.19. The van der Waals surface area contributed by atoms with Crippen LogP contribution >= 0.6 is 12.2 Å². The van der Waals surface area contributed by atoms with E-state index >= 15 is 0 Å². The van der Waals surface area contributed by atoms with E-state index in [2.05, 4.69) is 16.0 Å². The monoisotopic (exact) mass is 385 g/mol. The highest BCUT2D eigenvalue weighted by molar-refractivity contribution is 7.80. The Bertz CT molecular complexity index is 821. The Labute approximate surface area is 164 Å². The largest absolute Gasteiger partial charge is 0.491 e. The molecule has 0 radical (unpaired) electrons. The third-order valence-electron chi connectivity index (χ3n) is 3.70. The quantitative estimate of drug-likeness (QED) is 0.656. The topological polar surface area (TPSA) is 79.5 Å². The maximum absolute atomic E-state index is 12.5. The van der Waals surface area contributed by atoms with Crippen molar-refractivity contribution in [3.05, 3.63) is 54.1 Å². The lowest BCUT2D eigenvalue weighted by atomic mass is 10.2. The van der Waals surface area contributed by atoms with E-state index in [1.165, 1.54) is 6.92 Å². The molecule has 0 aliphatic rings. The number of hydrogen-bond donors (Lipinski definition) is 3. The number of hydrogen-bond acceptors (Lipinski definition) is 4. The van der Waals surface area contributed by atoms with Gasteiger partial charge in [-0.2, -0.15) is 0 Å². The molecule has 2 aromatic carbocycles. The summed E-state index contributed by atoms with van der Waals surface area (Å²) in [5, 5.41) is 8.43. The average Bonchev–Trinajstić information content (AvgIpc) is 2.62. The first-order chi connectivity index (χ1) is 12.9. The molecule has 0 aliphatic heterocycles. The van der Waals surface area contributed by atoms with Gasteiger partial charge in [-0.3, -0.25) is 9.59 Å². The minimum absolute atomic E-state index is 0.0897. The number of thiocarbonyl (C=S) groups is 1. The molecular weight excluding hydrogens is 362 g/mol. The molecule has 2 amide bonds. The molecule has 0 aliphatic carbocycles. The maximum atomic E-state index is 12.5. The predicted octanol–water partition coefficient (Wildman–Crippen LogP) is 3.95. The number of carbonyl (C=O) groups excluding carboxylic acids is 2. The van der Waals surface area contributed by atoms with Crippen molar-refractivity contribution in [1.29, 1.82) is 0 Å². The number of anilines is 2. The molecule has 0 spiro atoms. The van der Waals surface area contributed by atoms with E-state index < -0.39 is 0 Å². The third-order valence-corrected chi connectivity index (χ3v) is 3.90. The van der Waals surface area contributed by atoms with Crippen molar-refractivity contribution in [2.45, 2.75) is 33.3 Å². The average molecular weight is 385 g/mol. The summed E-state index contributed by atoms with van der Waals surface area (Å²) < 4.78 is 5.75. The van der Waals surface area contributed by atoms with Crippen molar-refractivity contribution >= 4 is 40.5 Å². The molecule has 3 N–H and O–H groups in total. The number of carbonyl (C=O) groups is 2. The molecule has 2 rings (SSSR count). The first-order valence-corrected chi connectivity index (χ1v) is 9.05. The Morgan fingerprint density at radius 1 is 1.07 bits per heavy atom. The zero-order valence-electron chi connectivity index (χ0n) is 15.5. The molecule has 0 bridgehead atoms. The van der Waals surface area contributed by atoms with E-state index in [0.29, 0.717) is 22.7 Å². The molecule has 0 saturated carbocycles. The first-order valence-electron chi connectivity index (χ1n) is 8.64. The summed E-state index contributed by atoms with van der Waals surface area (Å²) in [5.41, 5.74) is 1.87. The van der Waals surface area contributed by atoms with Crippen LogP contribution < -0.4 is 20.7 Å². The Morgan fingerprint density at radius 3 is 2.30 bits per heavy atom. The number of rotatable bonds is 6. The molecule has 142 valence electrons. The van der Waals surface area contributed by atoms with Crippen molar-refractivity contribution in [1.82, 2.24) is 5.32 Å². The second-order valence-electron chi connectivity index (χ2n) is 6.03. The van der Waals surface area contributed by atoms with E-state index in [4.69, 9.17) is 17.0 Å². The Hall–Kier alpha value is -2.93. The van der Waals surface area contributed by atoms with Gasteiger partial charge in [-0.05, 0) is 68.0 Å². The maximum Gasteiger partial charge on any atom is 0.255 e. The Kier molecular flexibility index (Phi) is 7.31. The first kappa shape index (κ1) is 20.4. The summed E-state index contributed by atoms with van der Waals surface area (Å²) in [6.45, 7) is 5.41. The zero-order valence-corrected chi connectivity index (χ0v) is 16.4. The smallest absolute Gasteiger partial charge is 0.255 e. The van der Waals surface area contributed by atoms with Crippen LogP contribution in [-0.2, 0) is 4.79 Å². The van der Waals surface area contributed by atoms with Crippen LogP contribution in [0.4, 0.5) is 11.4 Å². The number of amides is 2. The van der Waals surface area contributed by atoms with E-state index in [0.717, 1.165) is 6.42 Å². The van der Waals surface area contributed by atoms with Crippen LogP contribution in [0.1, 0.15) is 37.6 Å². The summed E-state index contributed by atoms with van der Waals surface area (Å²) in [6.07, 6.45) is 0.981. The molecule has 0 unspecified atom stereocenters. The van der Waals surface area contributed by atoms with Crippen LogP contribution in [-0.4, -0.2) is 23.0 Å². The van der Waals surface area contributed by atoms with Crippen LogP contribution in [0.25, 0.3) is 0 Å². The van der Waals surface area contributed by atoms with Crippen LogP contribution in [0, 0.1) is 0 Å². The van der Waals surface area contributed by atoms with Gasteiger partial charge < -0.3 is 20.7 Å². The third kappa shape index (κ3) is 6.71. The summed E-state index contributed by atoms with van der Waals surface area (Å²) in [4.78, 5) is 23.4. The molecule has 2 aromatic rings. The van der Waals surface area contributed by atoms with Crippen molar-refractivity contribution < 1.29 is 14.3 Å². The lowest BCUT2D eigenvalue weighted by Gasteiger charge is -2.13. The number of benzene rings is 2. The van der Waals surface area contributed by atoms with E-state index in [1.54, 1.807) is 42.5 Å². The highest BCUT2D eigenvalue weighted by Gasteiger charge is 2.09. The van der Waals surface area contributed by atoms with Gasteiger partial charge in [0.05, 0.1) is 6.10 Å². The molecule has 7 heteroatoms. The summed E-state index contributed by atoms with van der Waals surface area (Å²) in [6, 6.07) is 14.1. The minimum atomic E-state index is -0.240. The minimum Gasteiger partial charge on any atom is -0.491 e. The molecule has 0 saturated heterocycles. The summed E-state index contributed by atoms with van der Waals surface area (Å²) >= 11 is 5.00. The van der Waals surface area contributed by atoms with Crippen LogP contribution in [0.5, 0.6) is 5.75 Å². The highest BCUT2D eigenvalue weighted by atomic mass is 32.1. The second kappa shape index (κ2) is 9.68. The zero-order chi connectivity index (χ0) is 19.8. The lowest BCUT2D eigenvalue weighted by Crippen LogP contribution is -2.32. The van der Waals surface area contributed by atoms with E-state index in [-0.39, 0.29) is 23.0 Å². The number of ether oxygens (including phenoxy) is 1. The van der Waals surface area contributed by atoms with Crippen LogP contribution in [0.15, 0.2) is 48.5 Å². The van der Waals surface area contributed by atoms with Gasteiger partial charge in [-0.25, -0.2) is 0 Å². The van der Waals surface area contributed by atoms with Gasteiger partial charge >= 0.3 is 0 Å². The van der Waals surface area contributed by atoms with Gasteiger partial charge in [0.25, 0.3) is 5.91 Å². The van der Waals surface area contributed by atoms with Gasteiger partial charge in [-0.15, -0.1) is 0 Å². The Morgan fingerprint density at radius 2 is 1.70 bits per heavy atom. The summed E-state index contributed by atoms with van der Waals surface area (Å²) in [5.74, 6) is 0.207. The van der Waals surface area contributed by atoms with Gasteiger partial charge in [0.2, 0.25) is 5.91 Å². The van der Waals surface area contributed by atoms with E-state index in [9.17, 15) is 9.59 Å². The summed E-state index contributed by atoms with van der Waals surface area (Å²) in [7, 11) is 0. The normalized spacial score (nSPS) is 11.2. The van der Waals surface area contributed by atoms with Crippen molar-refractivity contribution in [2.24, 2.45) is 0 Å². The predicted molar refractivity (Wildman–Crippen MR) is 111 cm³/mol. The molecule has 27 heavy (non-hydrogen) atoms. The molecular formula is C20H23N3O3S.